The van der Waals surface area contributed by atoms with Crippen molar-refractivity contribution in [2.45, 2.75) is 4.84 Å². The Balaban J connectivity index is 2.68. The maximum Gasteiger partial charge on any atom is 0.191 e. The Labute approximate surface area is 138 Å². The number of rotatable bonds is 4. The summed E-state index contributed by atoms with van der Waals surface area (Å²) in [7, 11) is -1.26. The molecule has 1 unspecified atom stereocenters. The fourth-order valence-electron chi connectivity index (χ4n) is 1.91. The number of benzene rings is 1. The van der Waals surface area contributed by atoms with Crippen LogP contribution in [0.5, 0.6) is 0 Å². The van der Waals surface area contributed by atoms with Gasteiger partial charge in [-0.1, -0.05) is 46.4 Å². The summed E-state index contributed by atoms with van der Waals surface area (Å²) in [6, 6.07) is 3.20. The Morgan fingerprint density at radius 1 is 1.30 bits per heavy atom. The Kier molecular flexibility index (Phi) is 5.03. The highest BCUT2D eigenvalue weighted by molar-refractivity contribution is 7.85. The average Bonchev–Trinajstić information content (AvgIpc) is 2.67. The molecule has 20 heavy (non-hydrogen) atoms. The number of aromatic nitrogens is 1. The van der Waals surface area contributed by atoms with Crippen molar-refractivity contribution in [1.29, 1.82) is 0 Å². The number of carbonyl (C=O) groups is 1. The number of halogens is 4. The first-order chi connectivity index (χ1) is 9.31. The fourth-order valence-corrected chi connectivity index (χ4v) is 3.21. The van der Waals surface area contributed by atoms with E-state index in [1.165, 1.54) is 6.26 Å². The molecule has 2 aromatic rings. The summed E-state index contributed by atoms with van der Waals surface area (Å²) in [6.07, 6.45) is 1.45. The fraction of sp³-hybridized carbons (Fsp3) is 0.250. The molecule has 108 valence electrons. The van der Waals surface area contributed by atoms with E-state index in [-0.39, 0.29) is 17.2 Å². The van der Waals surface area contributed by atoms with E-state index in [4.69, 9.17) is 46.4 Å². The number of aromatic amines is 1. The maximum absolute atomic E-state index is 12.1. The number of carbonyl (C=O) groups excluding carboxylic acids is 1. The van der Waals surface area contributed by atoms with Gasteiger partial charge < -0.3 is 4.98 Å². The second-order valence-corrected chi connectivity index (χ2v) is 7.51. The van der Waals surface area contributed by atoms with Crippen molar-refractivity contribution in [3.05, 3.63) is 33.4 Å². The predicted octanol–water partition coefficient (Wildman–Crippen LogP) is 4.51. The lowest BCUT2D eigenvalue weighted by Gasteiger charge is -2.04. The molecule has 8 heteroatoms. The number of H-pyrrole nitrogens is 1. The summed E-state index contributed by atoms with van der Waals surface area (Å²) in [5.74, 6) is -0.433. The number of Topliss-reactive ketones (excluding diaryl/α,β-unsaturated/α-hetero) is 1. The molecular formula is C12H9Cl4NO2S. The van der Waals surface area contributed by atoms with E-state index in [1.54, 1.807) is 12.1 Å². The number of alkyl halides is 2. The molecular weight excluding hydrogens is 364 g/mol. The number of fused-ring (bicyclic) bond motifs is 1. The monoisotopic (exact) mass is 371 g/mol. The molecule has 0 amide bonds. The van der Waals surface area contributed by atoms with Crippen molar-refractivity contribution < 1.29 is 9.00 Å². The van der Waals surface area contributed by atoms with E-state index >= 15 is 0 Å². The Bertz CT molecular complexity index is 711. The van der Waals surface area contributed by atoms with Gasteiger partial charge in [-0.2, -0.15) is 0 Å². The lowest BCUT2D eigenvalue weighted by molar-refractivity contribution is 0.101. The highest BCUT2D eigenvalue weighted by atomic mass is 35.5. The summed E-state index contributed by atoms with van der Waals surface area (Å²) in [6.45, 7) is 0. The molecule has 1 heterocycles. The normalized spacial score (nSPS) is 13.1. The average molecular weight is 373 g/mol. The molecule has 1 atom stereocenters. The molecule has 0 aliphatic heterocycles. The second-order valence-electron chi connectivity index (χ2n) is 4.17. The minimum Gasteiger partial charge on any atom is -0.352 e. The minimum absolute atomic E-state index is 0.109. The quantitative estimate of drug-likeness (QED) is 0.633. The van der Waals surface area contributed by atoms with Crippen molar-refractivity contribution in [2.75, 3.05) is 12.0 Å². The summed E-state index contributed by atoms with van der Waals surface area (Å²) < 4.78 is 11.2. The Morgan fingerprint density at radius 3 is 2.45 bits per heavy atom. The first-order valence-electron chi connectivity index (χ1n) is 5.43. The smallest absolute Gasteiger partial charge is 0.191 e. The van der Waals surface area contributed by atoms with Gasteiger partial charge in [0, 0.05) is 33.5 Å². The third-order valence-corrected chi connectivity index (χ3v) is 4.54. The third kappa shape index (κ3) is 3.15. The summed E-state index contributed by atoms with van der Waals surface area (Å²) in [4.78, 5) is 14.1. The topological polar surface area (TPSA) is 49.9 Å². The molecule has 0 aliphatic carbocycles. The van der Waals surface area contributed by atoms with Gasteiger partial charge in [0.25, 0.3) is 0 Å². The summed E-state index contributed by atoms with van der Waals surface area (Å²) in [5.41, 5.74) is 1.27. The molecule has 0 bridgehead atoms. The van der Waals surface area contributed by atoms with Crippen LogP contribution in [0.3, 0.4) is 0 Å². The standard InChI is InChI=1S/C12H9Cl4NO2S/c1-20(19)4-9(18)11-10(12(15)16)5-2-6(13)7(14)3-8(5)17-11/h2-3,12,17H,4H2,1H3. The second kappa shape index (κ2) is 6.24. The van der Waals surface area contributed by atoms with Gasteiger partial charge in [-0.15, -0.1) is 0 Å². The molecule has 0 radical (unpaired) electrons. The van der Waals surface area contributed by atoms with Crippen LogP contribution in [-0.2, 0) is 10.8 Å². The van der Waals surface area contributed by atoms with E-state index < -0.39 is 15.6 Å². The van der Waals surface area contributed by atoms with E-state index in [2.05, 4.69) is 4.98 Å². The van der Waals surface area contributed by atoms with Gasteiger partial charge in [-0.3, -0.25) is 9.00 Å². The molecule has 0 spiro atoms. The molecule has 0 aliphatic rings. The lowest BCUT2D eigenvalue weighted by atomic mass is 10.1. The van der Waals surface area contributed by atoms with Crippen LogP contribution in [0.25, 0.3) is 10.9 Å². The van der Waals surface area contributed by atoms with Crippen LogP contribution in [0.4, 0.5) is 0 Å². The van der Waals surface area contributed by atoms with Gasteiger partial charge in [0.2, 0.25) is 0 Å². The molecule has 1 aromatic carbocycles. The molecule has 1 aromatic heterocycles. The van der Waals surface area contributed by atoms with Crippen LogP contribution in [0.1, 0.15) is 20.9 Å². The van der Waals surface area contributed by atoms with Crippen molar-refractivity contribution in [1.82, 2.24) is 4.98 Å². The third-order valence-electron chi connectivity index (χ3n) is 2.71. The van der Waals surface area contributed by atoms with E-state index in [1.807, 2.05) is 0 Å². The van der Waals surface area contributed by atoms with Gasteiger partial charge in [0.1, 0.15) is 4.84 Å². The number of ketones is 1. The van der Waals surface area contributed by atoms with Crippen LogP contribution in [0.15, 0.2) is 12.1 Å². The van der Waals surface area contributed by atoms with Crippen LogP contribution in [0, 0.1) is 0 Å². The zero-order chi connectivity index (χ0) is 15.0. The largest absolute Gasteiger partial charge is 0.352 e. The van der Waals surface area contributed by atoms with Crippen molar-refractivity contribution in [3.63, 3.8) is 0 Å². The minimum atomic E-state index is -1.26. The number of nitrogens with one attached hydrogen (secondary N) is 1. The van der Waals surface area contributed by atoms with E-state index in [9.17, 15) is 9.00 Å². The summed E-state index contributed by atoms with van der Waals surface area (Å²) in [5, 5.41) is 1.32. The van der Waals surface area contributed by atoms with E-state index in [0.717, 1.165) is 0 Å². The molecule has 3 nitrogen and oxygen atoms in total. The van der Waals surface area contributed by atoms with Crippen LogP contribution >= 0.6 is 46.4 Å². The van der Waals surface area contributed by atoms with Gasteiger partial charge in [0.15, 0.2) is 5.78 Å². The van der Waals surface area contributed by atoms with Gasteiger partial charge in [0.05, 0.1) is 21.5 Å². The predicted molar refractivity (Wildman–Crippen MR) is 86.0 cm³/mol. The lowest BCUT2D eigenvalue weighted by Crippen LogP contribution is -2.12. The molecule has 0 saturated carbocycles. The molecule has 1 N–H and O–H groups in total. The van der Waals surface area contributed by atoms with Gasteiger partial charge >= 0.3 is 0 Å². The van der Waals surface area contributed by atoms with Crippen LogP contribution in [-0.4, -0.2) is 27.0 Å². The molecule has 0 saturated heterocycles. The van der Waals surface area contributed by atoms with Crippen molar-refractivity contribution in [3.8, 4) is 0 Å². The summed E-state index contributed by atoms with van der Waals surface area (Å²) >= 11 is 23.8. The maximum atomic E-state index is 12.1. The van der Waals surface area contributed by atoms with Crippen LogP contribution < -0.4 is 0 Å². The van der Waals surface area contributed by atoms with Gasteiger partial charge in [-0.25, -0.2) is 0 Å². The van der Waals surface area contributed by atoms with Crippen molar-refractivity contribution >= 4 is 73.9 Å². The Hall–Kier alpha value is -0.260. The number of hydrogen-bond donors (Lipinski definition) is 1. The Morgan fingerprint density at radius 2 is 1.90 bits per heavy atom. The number of hydrogen-bond acceptors (Lipinski definition) is 2. The molecule has 0 fully saturated rings. The highest BCUT2D eigenvalue weighted by Gasteiger charge is 2.23. The highest BCUT2D eigenvalue weighted by Crippen LogP contribution is 2.38. The molecule has 2 rings (SSSR count). The van der Waals surface area contributed by atoms with E-state index in [0.29, 0.717) is 26.5 Å². The zero-order valence-corrected chi connectivity index (χ0v) is 14.0. The zero-order valence-electron chi connectivity index (χ0n) is 10.2. The SMILES string of the molecule is CS(=O)CC(=O)c1[nH]c2cc(Cl)c(Cl)cc2c1C(Cl)Cl. The van der Waals surface area contributed by atoms with Crippen molar-refractivity contribution in [2.24, 2.45) is 0 Å². The first kappa shape index (κ1) is 16.1. The van der Waals surface area contributed by atoms with Crippen LogP contribution in [0.2, 0.25) is 10.0 Å². The first-order valence-corrected chi connectivity index (χ1v) is 8.79. The van der Waals surface area contributed by atoms with Gasteiger partial charge in [-0.05, 0) is 12.1 Å².